The van der Waals surface area contributed by atoms with E-state index in [0.717, 1.165) is 0 Å². The SMILES string of the molecule is C1CC2CC12.O=S(=O)(Cl)c1ccccc1. The molecule has 0 spiro atoms. The van der Waals surface area contributed by atoms with Crippen molar-refractivity contribution < 1.29 is 8.42 Å². The Morgan fingerprint density at radius 3 is 1.80 bits per heavy atom. The smallest absolute Gasteiger partial charge is 0.207 e. The number of benzene rings is 1. The summed E-state index contributed by atoms with van der Waals surface area (Å²) in [6.07, 6.45) is 4.70. The van der Waals surface area contributed by atoms with Gasteiger partial charge in [-0.2, -0.15) is 0 Å². The van der Waals surface area contributed by atoms with Crippen LogP contribution in [0, 0.1) is 11.8 Å². The Morgan fingerprint density at radius 1 is 1.07 bits per heavy atom. The standard InChI is InChI=1S/C6H5ClO2S.C5H8/c7-10(8,9)6-4-2-1-3-5-6;1-2-5-3-4(1)5/h1-5H;4-5H,1-3H2. The van der Waals surface area contributed by atoms with Gasteiger partial charge in [-0.1, -0.05) is 18.2 Å². The van der Waals surface area contributed by atoms with Crippen LogP contribution in [-0.4, -0.2) is 8.42 Å². The highest BCUT2D eigenvalue weighted by molar-refractivity contribution is 8.13. The summed E-state index contributed by atoms with van der Waals surface area (Å²) in [7, 11) is 1.50. The van der Waals surface area contributed by atoms with Crippen molar-refractivity contribution in [2.45, 2.75) is 24.2 Å². The van der Waals surface area contributed by atoms with Crippen molar-refractivity contribution >= 4 is 19.7 Å². The summed E-state index contributed by atoms with van der Waals surface area (Å²) < 4.78 is 21.2. The Bertz CT molecular complexity index is 415. The Kier molecular flexibility index (Phi) is 3.03. The molecule has 2 aliphatic carbocycles. The first-order valence-electron chi connectivity index (χ1n) is 5.07. The van der Waals surface area contributed by atoms with Crippen molar-refractivity contribution in [3.8, 4) is 0 Å². The molecule has 15 heavy (non-hydrogen) atoms. The monoisotopic (exact) mass is 244 g/mol. The molecule has 0 aromatic heterocycles. The summed E-state index contributed by atoms with van der Waals surface area (Å²) in [6, 6.07) is 7.86. The molecule has 3 rings (SSSR count). The van der Waals surface area contributed by atoms with Crippen LogP contribution in [0.1, 0.15) is 19.3 Å². The van der Waals surface area contributed by atoms with Crippen LogP contribution in [0.3, 0.4) is 0 Å². The summed E-state index contributed by atoms with van der Waals surface area (Å²) >= 11 is 0. The molecule has 0 bridgehead atoms. The third-order valence-corrected chi connectivity index (χ3v) is 4.37. The minimum atomic E-state index is -3.53. The van der Waals surface area contributed by atoms with Crippen molar-refractivity contribution in [3.05, 3.63) is 30.3 Å². The fourth-order valence-corrected chi connectivity index (χ4v) is 2.56. The molecule has 2 atom stereocenters. The zero-order chi connectivity index (χ0) is 10.9. The highest BCUT2D eigenvalue weighted by atomic mass is 35.7. The van der Waals surface area contributed by atoms with Crippen LogP contribution in [0.2, 0.25) is 0 Å². The highest BCUT2D eigenvalue weighted by Crippen LogP contribution is 2.55. The molecule has 0 amide bonds. The van der Waals surface area contributed by atoms with Gasteiger partial charge in [0.1, 0.15) is 0 Å². The van der Waals surface area contributed by atoms with Gasteiger partial charge in [0.15, 0.2) is 0 Å². The van der Waals surface area contributed by atoms with Crippen LogP contribution in [0.15, 0.2) is 35.2 Å². The summed E-state index contributed by atoms with van der Waals surface area (Å²) in [6.45, 7) is 0. The Hall–Kier alpha value is -0.540. The van der Waals surface area contributed by atoms with Crippen LogP contribution in [0.25, 0.3) is 0 Å². The number of hydrogen-bond donors (Lipinski definition) is 0. The zero-order valence-corrected chi connectivity index (χ0v) is 9.84. The fraction of sp³-hybridized carbons (Fsp3) is 0.455. The molecular formula is C11H13ClO2S. The fourth-order valence-electron chi connectivity index (χ4n) is 1.77. The largest absolute Gasteiger partial charge is 0.261 e. The van der Waals surface area contributed by atoms with E-state index in [9.17, 15) is 8.42 Å². The van der Waals surface area contributed by atoms with Gasteiger partial charge in [0.2, 0.25) is 0 Å². The molecule has 2 aliphatic rings. The molecule has 2 unspecified atom stereocenters. The first kappa shape index (κ1) is 11.0. The molecule has 82 valence electrons. The molecule has 1 aromatic carbocycles. The van der Waals surface area contributed by atoms with E-state index in [1.807, 2.05) is 0 Å². The lowest BCUT2D eigenvalue weighted by Gasteiger charge is -2.04. The maximum absolute atomic E-state index is 10.6. The topological polar surface area (TPSA) is 34.1 Å². The van der Waals surface area contributed by atoms with Crippen LogP contribution < -0.4 is 0 Å². The zero-order valence-electron chi connectivity index (χ0n) is 8.27. The third kappa shape index (κ3) is 2.95. The molecule has 0 heterocycles. The molecular weight excluding hydrogens is 232 g/mol. The lowest BCUT2D eigenvalue weighted by molar-refractivity contribution is 0.468. The molecule has 1 aromatic rings. The summed E-state index contributed by atoms with van der Waals surface area (Å²) in [5, 5.41) is 0. The first-order chi connectivity index (χ1) is 7.07. The molecule has 0 saturated heterocycles. The van der Waals surface area contributed by atoms with E-state index in [4.69, 9.17) is 10.7 Å². The second-order valence-electron chi connectivity index (χ2n) is 4.08. The van der Waals surface area contributed by atoms with E-state index in [1.54, 1.807) is 37.5 Å². The highest BCUT2D eigenvalue weighted by Gasteiger charge is 2.44. The van der Waals surface area contributed by atoms with E-state index in [1.165, 1.54) is 24.0 Å². The number of rotatable bonds is 1. The average molecular weight is 245 g/mol. The van der Waals surface area contributed by atoms with Crippen molar-refractivity contribution in [2.75, 3.05) is 0 Å². The average Bonchev–Trinajstić information content (AvgIpc) is 2.74. The number of halogens is 1. The predicted molar refractivity (Wildman–Crippen MR) is 60.3 cm³/mol. The minimum Gasteiger partial charge on any atom is -0.207 e. The molecule has 4 heteroatoms. The van der Waals surface area contributed by atoms with Gasteiger partial charge in [-0.15, -0.1) is 0 Å². The maximum Gasteiger partial charge on any atom is 0.261 e. The van der Waals surface area contributed by atoms with E-state index in [-0.39, 0.29) is 4.90 Å². The van der Waals surface area contributed by atoms with Crippen LogP contribution in [0.5, 0.6) is 0 Å². The van der Waals surface area contributed by atoms with Crippen molar-refractivity contribution in [3.63, 3.8) is 0 Å². The van der Waals surface area contributed by atoms with Gasteiger partial charge in [0, 0.05) is 10.7 Å². The Labute approximate surface area is 94.7 Å². The molecule has 0 N–H and O–H groups in total. The van der Waals surface area contributed by atoms with Gasteiger partial charge >= 0.3 is 0 Å². The van der Waals surface area contributed by atoms with Crippen molar-refractivity contribution in [2.24, 2.45) is 11.8 Å². The van der Waals surface area contributed by atoms with Crippen LogP contribution >= 0.6 is 10.7 Å². The van der Waals surface area contributed by atoms with Gasteiger partial charge in [-0.3, -0.25) is 0 Å². The van der Waals surface area contributed by atoms with Gasteiger partial charge in [-0.05, 0) is 43.2 Å². The van der Waals surface area contributed by atoms with E-state index >= 15 is 0 Å². The Balaban J connectivity index is 0.000000139. The Morgan fingerprint density at radius 2 is 1.60 bits per heavy atom. The minimum absolute atomic E-state index is 0.136. The van der Waals surface area contributed by atoms with Crippen LogP contribution in [0.4, 0.5) is 0 Å². The normalized spacial score (nSPS) is 26.7. The van der Waals surface area contributed by atoms with E-state index in [2.05, 4.69) is 0 Å². The van der Waals surface area contributed by atoms with E-state index in [0.29, 0.717) is 0 Å². The summed E-state index contributed by atoms with van der Waals surface area (Å²) in [5.41, 5.74) is 0. The maximum atomic E-state index is 10.6. The van der Waals surface area contributed by atoms with E-state index < -0.39 is 9.05 Å². The predicted octanol–water partition coefficient (Wildman–Crippen LogP) is 3.03. The number of fused-ring (bicyclic) bond motifs is 1. The lowest BCUT2D eigenvalue weighted by atomic mass is 10.0. The second-order valence-corrected chi connectivity index (χ2v) is 6.65. The van der Waals surface area contributed by atoms with Gasteiger partial charge in [0.25, 0.3) is 9.05 Å². The summed E-state index contributed by atoms with van der Waals surface area (Å²) in [5.74, 6) is 2.46. The van der Waals surface area contributed by atoms with Crippen molar-refractivity contribution in [1.82, 2.24) is 0 Å². The number of hydrogen-bond acceptors (Lipinski definition) is 2. The molecule has 2 fully saturated rings. The molecule has 0 radical (unpaired) electrons. The quantitative estimate of drug-likeness (QED) is 0.712. The van der Waals surface area contributed by atoms with Gasteiger partial charge in [0.05, 0.1) is 4.90 Å². The van der Waals surface area contributed by atoms with Crippen LogP contribution in [-0.2, 0) is 9.05 Å². The second kappa shape index (κ2) is 4.14. The summed E-state index contributed by atoms with van der Waals surface area (Å²) in [4.78, 5) is 0.136. The molecule has 2 nitrogen and oxygen atoms in total. The first-order valence-corrected chi connectivity index (χ1v) is 7.38. The van der Waals surface area contributed by atoms with Gasteiger partial charge < -0.3 is 0 Å². The van der Waals surface area contributed by atoms with Crippen molar-refractivity contribution in [1.29, 1.82) is 0 Å². The lowest BCUT2D eigenvalue weighted by Crippen LogP contribution is -1.93. The third-order valence-electron chi connectivity index (χ3n) is 3.00. The molecule has 2 saturated carbocycles. The van der Waals surface area contributed by atoms with Gasteiger partial charge in [-0.25, -0.2) is 8.42 Å². The molecule has 0 aliphatic heterocycles.